The van der Waals surface area contributed by atoms with Gasteiger partial charge in [-0.15, -0.1) is 11.3 Å². The fraction of sp³-hybridized carbons (Fsp3) is 0.421. The summed E-state index contributed by atoms with van der Waals surface area (Å²) in [6.07, 6.45) is -2.24. The number of carbonyl (C=O) groups is 1. The van der Waals surface area contributed by atoms with Crippen molar-refractivity contribution < 1.29 is 19.7 Å². The molecule has 1 aromatic carbocycles. The molecule has 1 aromatic heterocycles. The Balaban J connectivity index is 1.85. The van der Waals surface area contributed by atoms with Crippen LogP contribution in [0, 0.1) is 0 Å². The lowest BCUT2D eigenvalue weighted by molar-refractivity contribution is 0.0143. The molecule has 2 unspecified atom stereocenters. The minimum absolute atomic E-state index is 0.226. The Labute approximate surface area is 152 Å². The number of carbonyl (C=O) groups excluding carboxylic acids is 1. The van der Waals surface area contributed by atoms with Gasteiger partial charge in [0.1, 0.15) is 11.7 Å². The Morgan fingerprint density at radius 2 is 1.84 bits per heavy atom. The van der Waals surface area contributed by atoms with Crippen LogP contribution in [0.2, 0.25) is 0 Å². The predicted molar refractivity (Wildman–Crippen MR) is 99.6 cm³/mol. The molecule has 0 radical (unpaired) electrons. The van der Waals surface area contributed by atoms with E-state index in [4.69, 9.17) is 4.74 Å². The van der Waals surface area contributed by atoms with Crippen LogP contribution in [0.25, 0.3) is 10.4 Å². The Bertz CT molecular complexity index is 678. The van der Waals surface area contributed by atoms with Crippen LogP contribution in [0.3, 0.4) is 0 Å². The zero-order chi connectivity index (χ0) is 18.4. The van der Waals surface area contributed by atoms with Crippen molar-refractivity contribution in [3.63, 3.8) is 0 Å². The van der Waals surface area contributed by atoms with Crippen LogP contribution in [0.15, 0.2) is 42.5 Å². The molecule has 2 aromatic rings. The van der Waals surface area contributed by atoms with Gasteiger partial charge in [0.05, 0.1) is 6.10 Å². The third-order valence-corrected chi connectivity index (χ3v) is 4.65. The molecule has 5 nitrogen and oxygen atoms in total. The minimum atomic E-state index is -0.983. The molecule has 0 bridgehead atoms. The SMILES string of the molecule is CC(C)(C)OC(=O)NCCC(O)C(O)c1ccc(-c2ccccc2)s1. The summed E-state index contributed by atoms with van der Waals surface area (Å²) in [5, 5.41) is 23.1. The molecule has 0 saturated heterocycles. The van der Waals surface area contributed by atoms with E-state index >= 15 is 0 Å². The van der Waals surface area contributed by atoms with E-state index in [1.165, 1.54) is 11.3 Å². The lowest BCUT2D eigenvalue weighted by Gasteiger charge is -2.21. The van der Waals surface area contributed by atoms with E-state index in [2.05, 4.69) is 5.32 Å². The number of aliphatic hydroxyl groups excluding tert-OH is 2. The van der Waals surface area contributed by atoms with Gasteiger partial charge in [-0.3, -0.25) is 0 Å². The lowest BCUT2D eigenvalue weighted by atomic mass is 10.1. The van der Waals surface area contributed by atoms with Crippen LogP contribution in [-0.4, -0.2) is 34.6 Å². The molecule has 2 atom stereocenters. The summed E-state index contributed by atoms with van der Waals surface area (Å²) < 4.78 is 5.12. The van der Waals surface area contributed by atoms with E-state index in [-0.39, 0.29) is 13.0 Å². The molecule has 0 saturated carbocycles. The Morgan fingerprint density at radius 3 is 2.48 bits per heavy atom. The second-order valence-electron chi connectivity index (χ2n) is 6.80. The highest BCUT2D eigenvalue weighted by Crippen LogP contribution is 2.32. The molecule has 0 fully saturated rings. The maximum absolute atomic E-state index is 11.6. The second kappa shape index (κ2) is 8.47. The number of amides is 1. The van der Waals surface area contributed by atoms with Gasteiger partial charge in [0.15, 0.2) is 0 Å². The monoisotopic (exact) mass is 363 g/mol. The van der Waals surface area contributed by atoms with Crippen LogP contribution in [0.4, 0.5) is 4.79 Å². The summed E-state index contributed by atoms with van der Waals surface area (Å²) in [4.78, 5) is 13.3. The van der Waals surface area contributed by atoms with Crippen molar-refractivity contribution in [3.8, 4) is 10.4 Å². The highest BCUT2D eigenvalue weighted by atomic mass is 32.1. The van der Waals surface area contributed by atoms with Crippen LogP contribution in [0.5, 0.6) is 0 Å². The maximum atomic E-state index is 11.6. The first-order valence-electron chi connectivity index (χ1n) is 8.24. The summed E-state index contributed by atoms with van der Waals surface area (Å²) in [6, 6.07) is 13.6. The molecular formula is C19H25NO4S. The number of rotatable bonds is 6. The minimum Gasteiger partial charge on any atom is -0.444 e. The van der Waals surface area contributed by atoms with E-state index in [0.717, 1.165) is 10.4 Å². The van der Waals surface area contributed by atoms with E-state index in [9.17, 15) is 15.0 Å². The van der Waals surface area contributed by atoms with Crippen LogP contribution < -0.4 is 5.32 Å². The molecule has 0 spiro atoms. The van der Waals surface area contributed by atoms with Gasteiger partial charge in [0.2, 0.25) is 0 Å². The number of benzene rings is 1. The first-order chi connectivity index (χ1) is 11.8. The highest BCUT2D eigenvalue weighted by molar-refractivity contribution is 7.15. The fourth-order valence-corrected chi connectivity index (χ4v) is 3.31. The molecule has 25 heavy (non-hydrogen) atoms. The number of aliphatic hydroxyl groups is 2. The van der Waals surface area contributed by atoms with Crippen molar-refractivity contribution in [2.45, 2.75) is 45.0 Å². The van der Waals surface area contributed by atoms with Crippen LogP contribution in [-0.2, 0) is 4.74 Å². The quantitative estimate of drug-likeness (QED) is 0.731. The second-order valence-corrected chi connectivity index (χ2v) is 7.91. The van der Waals surface area contributed by atoms with Crippen molar-refractivity contribution in [2.24, 2.45) is 0 Å². The molecule has 3 N–H and O–H groups in total. The smallest absolute Gasteiger partial charge is 0.407 e. The van der Waals surface area contributed by atoms with Gasteiger partial charge in [0, 0.05) is 16.3 Å². The van der Waals surface area contributed by atoms with E-state index in [1.807, 2.05) is 42.5 Å². The van der Waals surface area contributed by atoms with Gasteiger partial charge < -0.3 is 20.3 Å². The van der Waals surface area contributed by atoms with E-state index < -0.39 is 23.9 Å². The average Bonchev–Trinajstić information content (AvgIpc) is 3.03. The number of alkyl carbamates (subject to hydrolysis) is 1. The molecular weight excluding hydrogens is 338 g/mol. The molecule has 0 aliphatic heterocycles. The third-order valence-electron chi connectivity index (χ3n) is 3.45. The largest absolute Gasteiger partial charge is 0.444 e. The van der Waals surface area contributed by atoms with Crippen molar-refractivity contribution in [2.75, 3.05) is 6.54 Å². The molecule has 0 aliphatic rings. The molecule has 2 rings (SSSR count). The summed E-state index contributed by atoms with van der Waals surface area (Å²) >= 11 is 1.45. The Morgan fingerprint density at radius 1 is 1.16 bits per heavy atom. The zero-order valence-corrected chi connectivity index (χ0v) is 15.5. The Kier molecular flexibility index (Phi) is 6.58. The van der Waals surface area contributed by atoms with E-state index in [1.54, 1.807) is 20.8 Å². The molecule has 1 heterocycles. The number of nitrogens with one attached hydrogen (secondary N) is 1. The fourth-order valence-electron chi connectivity index (χ4n) is 2.25. The van der Waals surface area contributed by atoms with Gasteiger partial charge in [0.25, 0.3) is 0 Å². The van der Waals surface area contributed by atoms with Crippen LogP contribution >= 0.6 is 11.3 Å². The predicted octanol–water partition coefficient (Wildman–Crippen LogP) is 3.72. The normalized spacial score (nSPS) is 14.0. The standard InChI is InChI=1S/C19H25NO4S/c1-19(2,3)24-18(23)20-12-11-14(21)17(22)16-10-9-15(25-16)13-7-5-4-6-8-13/h4-10,14,17,21-22H,11-12H2,1-3H3,(H,20,23). The van der Waals surface area contributed by atoms with Crippen LogP contribution in [0.1, 0.15) is 38.2 Å². The van der Waals surface area contributed by atoms with Crippen molar-refractivity contribution in [1.29, 1.82) is 0 Å². The Hall–Kier alpha value is -1.89. The number of ether oxygens (including phenoxy) is 1. The van der Waals surface area contributed by atoms with Gasteiger partial charge in [-0.1, -0.05) is 30.3 Å². The van der Waals surface area contributed by atoms with Gasteiger partial charge in [-0.05, 0) is 44.9 Å². The molecule has 0 aliphatic carbocycles. The maximum Gasteiger partial charge on any atom is 0.407 e. The van der Waals surface area contributed by atoms with Gasteiger partial charge in [-0.25, -0.2) is 4.79 Å². The zero-order valence-electron chi connectivity index (χ0n) is 14.7. The van der Waals surface area contributed by atoms with Crippen molar-refractivity contribution >= 4 is 17.4 Å². The van der Waals surface area contributed by atoms with Gasteiger partial charge >= 0.3 is 6.09 Å². The van der Waals surface area contributed by atoms with Crippen molar-refractivity contribution in [3.05, 3.63) is 47.3 Å². The number of thiophene rings is 1. The topological polar surface area (TPSA) is 78.8 Å². The van der Waals surface area contributed by atoms with E-state index in [0.29, 0.717) is 4.88 Å². The first-order valence-corrected chi connectivity index (χ1v) is 9.06. The van der Waals surface area contributed by atoms with Crippen molar-refractivity contribution in [1.82, 2.24) is 5.32 Å². The average molecular weight is 363 g/mol. The lowest BCUT2D eigenvalue weighted by Crippen LogP contribution is -2.34. The highest BCUT2D eigenvalue weighted by Gasteiger charge is 2.21. The number of hydrogen-bond donors (Lipinski definition) is 3. The van der Waals surface area contributed by atoms with Gasteiger partial charge in [-0.2, -0.15) is 0 Å². The number of hydrogen-bond acceptors (Lipinski definition) is 5. The summed E-state index contributed by atoms with van der Waals surface area (Å²) in [5.74, 6) is 0. The summed E-state index contributed by atoms with van der Waals surface area (Å²) in [5.41, 5.74) is 0.513. The third kappa shape index (κ3) is 6.16. The summed E-state index contributed by atoms with van der Waals surface area (Å²) in [6.45, 7) is 5.58. The summed E-state index contributed by atoms with van der Waals surface area (Å²) in [7, 11) is 0. The molecule has 1 amide bonds. The molecule has 6 heteroatoms. The first kappa shape index (κ1) is 19.4. The molecule has 136 valence electrons.